The van der Waals surface area contributed by atoms with Gasteiger partial charge in [-0.2, -0.15) is 0 Å². The molecular formula is C29H32ClF2N5O5. The third-order valence-electron chi connectivity index (χ3n) is 7.06. The number of likely N-dealkylation sites (tertiary alicyclic amines) is 1. The van der Waals surface area contributed by atoms with E-state index in [9.17, 15) is 13.6 Å². The maximum absolute atomic E-state index is 15.0. The number of aliphatic hydroxyl groups excluding tert-OH is 1. The largest absolute Gasteiger partial charge is 0.491 e. The highest BCUT2D eigenvalue weighted by atomic mass is 35.5. The van der Waals surface area contributed by atoms with Gasteiger partial charge in [0.05, 0.1) is 55.4 Å². The number of rotatable bonds is 12. The number of hydrogen-bond donors (Lipinski definition) is 3. The van der Waals surface area contributed by atoms with Gasteiger partial charge in [0.2, 0.25) is 0 Å². The molecular weight excluding hydrogens is 572 g/mol. The number of amides is 1. The normalized spacial score (nSPS) is 18.6. The van der Waals surface area contributed by atoms with Gasteiger partial charge in [0.25, 0.3) is 5.91 Å². The first-order valence-corrected chi connectivity index (χ1v) is 13.9. The van der Waals surface area contributed by atoms with Crippen LogP contribution >= 0.6 is 11.6 Å². The van der Waals surface area contributed by atoms with Crippen LogP contribution in [-0.4, -0.2) is 84.7 Å². The molecule has 1 aromatic heterocycles. The third kappa shape index (κ3) is 7.31. The average Bonchev–Trinajstić information content (AvgIpc) is 3.42. The van der Waals surface area contributed by atoms with Crippen LogP contribution in [0.3, 0.4) is 0 Å². The van der Waals surface area contributed by atoms with Gasteiger partial charge in [-0.05, 0) is 36.8 Å². The van der Waals surface area contributed by atoms with Crippen LogP contribution in [0.1, 0.15) is 13.3 Å². The van der Waals surface area contributed by atoms with E-state index in [4.69, 9.17) is 30.9 Å². The van der Waals surface area contributed by atoms with Gasteiger partial charge in [0, 0.05) is 42.2 Å². The summed E-state index contributed by atoms with van der Waals surface area (Å²) in [5.74, 6) is -1.74. The van der Waals surface area contributed by atoms with Gasteiger partial charge in [-0.3, -0.25) is 9.69 Å². The Morgan fingerprint density at radius 3 is 2.88 bits per heavy atom. The van der Waals surface area contributed by atoms with Gasteiger partial charge >= 0.3 is 0 Å². The monoisotopic (exact) mass is 603 g/mol. The maximum Gasteiger partial charge on any atom is 0.284 e. The number of hydrogen-bond acceptors (Lipinski definition) is 9. The zero-order valence-corrected chi connectivity index (χ0v) is 23.8. The first kappa shape index (κ1) is 30.1. The lowest BCUT2D eigenvalue weighted by Crippen LogP contribution is -2.44. The highest BCUT2D eigenvalue weighted by Crippen LogP contribution is 2.36. The standard InChI is InChI=1S/C29H32ClF2N5O5/c1-29(14-40-15-29)16-42-26-12-24-20(27(34-17-33-24)35-18-2-3-22(31)21(30)10-18)11-25(26)36-28(39)23(32)5-7-37-6-4-19(13-37)41-9-8-38/h2-3,5,10-12,17,19,38H,4,6-9,13-16H2,1H3,(H,36,39)(H,33,34,35). The Kier molecular flexibility index (Phi) is 9.49. The molecule has 2 aromatic carbocycles. The Balaban J connectivity index is 1.36. The van der Waals surface area contributed by atoms with Crippen molar-refractivity contribution in [2.75, 3.05) is 63.3 Å². The molecule has 0 bridgehead atoms. The van der Waals surface area contributed by atoms with Crippen LogP contribution in [-0.2, 0) is 14.3 Å². The topological polar surface area (TPSA) is 118 Å². The van der Waals surface area contributed by atoms with E-state index in [-0.39, 0.29) is 42.0 Å². The summed E-state index contributed by atoms with van der Waals surface area (Å²) in [5, 5.41) is 15.1. The molecule has 2 saturated heterocycles. The van der Waals surface area contributed by atoms with E-state index in [1.165, 1.54) is 30.6 Å². The van der Waals surface area contributed by atoms with Crippen molar-refractivity contribution in [3.05, 3.63) is 59.4 Å². The van der Waals surface area contributed by atoms with Crippen molar-refractivity contribution in [1.82, 2.24) is 14.9 Å². The first-order valence-electron chi connectivity index (χ1n) is 13.6. The molecule has 2 aliphatic rings. The molecule has 0 radical (unpaired) electrons. The van der Waals surface area contributed by atoms with E-state index in [1.807, 2.05) is 11.8 Å². The van der Waals surface area contributed by atoms with Crippen LogP contribution in [0.15, 0.2) is 48.6 Å². The van der Waals surface area contributed by atoms with Crippen molar-refractivity contribution < 1.29 is 32.9 Å². The van der Waals surface area contributed by atoms with Gasteiger partial charge in [-0.1, -0.05) is 18.5 Å². The Morgan fingerprint density at radius 2 is 2.14 bits per heavy atom. The summed E-state index contributed by atoms with van der Waals surface area (Å²) in [4.78, 5) is 23.5. The van der Waals surface area contributed by atoms with Gasteiger partial charge < -0.3 is 30.0 Å². The molecule has 1 atom stereocenters. The second-order valence-electron chi connectivity index (χ2n) is 10.7. The summed E-state index contributed by atoms with van der Waals surface area (Å²) in [7, 11) is 0. The minimum atomic E-state index is -0.941. The zero-order valence-electron chi connectivity index (χ0n) is 23.0. The Labute approximate surface area is 246 Å². The van der Waals surface area contributed by atoms with Crippen molar-refractivity contribution in [3.63, 3.8) is 0 Å². The molecule has 0 saturated carbocycles. The predicted molar refractivity (Wildman–Crippen MR) is 154 cm³/mol. The lowest BCUT2D eigenvalue weighted by Gasteiger charge is -2.37. The molecule has 1 unspecified atom stereocenters. The number of aromatic nitrogens is 2. The maximum atomic E-state index is 15.0. The number of aliphatic hydroxyl groups is 1. The number of carbonyl (C=O) groups is 1. The number of carbonyl (C=O) groups excluding carboxylic acids is 1. The molecule has 13 heteroatoms. The predicted octanol–water partition coefficient (Wildman–Crippen LogP) is 4.46. The quantitative estimate of drug-likeness (QED) is 0.258. The van der Waals surface area contributed by atoms with Gasteiger partial charge in [-0.25, -0.2) is 18.7 Å². The number of halogens is 3. The molecule has 3 heterocycles. The number of ether oxygens (including phenoxy) is 3. The molecule has 2 aliphatic heterocycles. The molecule has 0 aliphatic carbocycles. The third-order valence-corrected chi connectivity index (χ3v) is 7.35. The highest BCUT2D eigenvalue weighted by molar-refractivity contribution is 6.31. The molecule has 3 aromatic rings. The SMILES string of the molecule is CC1(COc2cc3ncnc(Nc4ccc(F)c(Cl)c4)c3cc2NC(=O)C(F)=CCN2CCC(OCCO)C2)COC1. The van der Waals surface area contributed by atoms with E-state index in [0.29, 0.717) is 61.1 Å². The summed E-state index contributed by atoms with van der Waals surface area (Å²) in [6.45, 7) is 5.15. The van der Waals surface area contributed by atoms with Crippen LogP contribution in [0.25, 0.3) is 10.9 Å². The fourth-order valence-electron chi connectivity index (χ4n) is 4.70. The summed E-state index contributed by atoms with van der Waals surface area (Å²) in [6, 6.07) is 7.42. The van der Waals surface area contributed by atoms with Crippen LogP contribution in [0, 0.1) is 11.2 Å². The van der Waals surface area contributed by atoms with Crippen LogP contribution in [0.2, 0.25) is 5.02 Å². The van der Waals surface area contributed by atoms with Gasteiger partial charge in [0.15, 0.2) is 5.83 Å². The number of nitrogens with one attached hydrogen (secondary N) is 2. The van der Waals surface area contributed by atoms with Crippen LogP contribution in [0.4, 0.5) is 26.0 Å². The fourth-order valence-corrected chi connectivity index (χ4v) is 4.88. The lowest BCUT2D eigenvalue weighted by molar-refractivity contribution is -0.120. The lowest BCUT2D eigenvalue weighted by atomic mass is 9.90. The molecule has 3 N–H and O–H groups in total. The van der Waals surface area contributed by atoms with Crippen molar-refractivity contribution >= 4 is 45.6 Å². The van der Waals surface area contributed by atoms with E-state index in [0.717, 1.165) is 6.42 Å². The Morgan fingerprint density at radius 1 is 1.31 bits per heavy atom. The molecule has 10 nitrogen and oxygen atoms in total. The van der Waals surface area contributed by atoms with Crippen molar-refractivity contribution in [2.45, 2.75) is 19.4 Å². The number of anilines is 3. The Bertz CT molecular complexity index is 1470. The van der Waals surface area contributed by atoms with Gasteiger partial charge in [-0.15, -0.1) is 0 Å². The number of nitrogens with zero attached hydrogens (tertiary/aromatic N) is 3. The fraction of sp³-hybridized carbons (Fsp3) is 0.414. The summed E-state index contributed by atoms with van der Waals surface area (Å²) < 4.78 is 45.6. The first-order chi connectivity index (χ1) is 20.2. The van der Waals surface area contributed by atoms with Crippen molar-refractivity contribution in [3.8, 4) is 5.75 Å². The second-order valence-corrected chi connectivity index (χ2v) is 11.1. The molecule has 2 fully saturated rings. The van der Waals surface area contributed by atoms with E-state index in [1.54, 1.807) is 12.1 Å². The van der Waals surface area contributed by atoms with Crippen LogP contribution < -0.4 is 15.4 Å². The Hall–Kier alpha value is -3.42. The summed E-state index contributed by atoms with van der Waals surface area (Å²) in [5.41, 5.74) is 1.04. The van der Waals surface area contributed by atoms with Gasteiger partial charge in [0.1, 0.15) is 23.7 Å². The van der Waals surface area contributed by atoms with Crippen molar-refractivity contribution in [1.29, 1.82) is 0 Å². The van der Waals surface area contributed by atoms with E-state index >= 15 is 0 Å². The summed E-state index contributed by atoms with van der Waals surface area (Å²) in [6.07, 6.45) is 3.33. The minimum Gasteiger partial charge on any atom is -0.491 e. The van der Waals surface area contributed by atoms with E-state index < -0.39 is 17.6 Å². The number of benzene rings is 2. The molecule has 42 heavy (non-hydrogen) atoms. The molecule has 0 spiro atoms. The van der Waals surface area contributed by atoms with E-state index in [2.05, 4.69) is 20.6 Å². The number of fused-ring (bicyclic) bond motifs is 1. The molecule has 5 rings (SSSR count). The smallest absolute Gasteiger partial charge is 0.284 e. The average molecular weight is 604 g/mol. The highest BCUT2D eigenvalue weighted by Gasteiger charge is 2.34. The van der Waals surface area contributed by atoms with Crippen molar-refractivity contribution in [2.24, 2.45) is 5.41 Å². The molecule has 224 valence electrons. The van der Waals surface area contributed by atoms with Crippen LogP contribution in [0.5, 0.6) is 5.75 Å². The minimum absolute atomic E-state index is 0.0290. The second kappa shape index (κ2) is 13.3. The molecule has 1 amide bonds. The zero-order chi connectivity index (χ0) is 29.7. The summed E-state index contributed by atoms with van der Waals surface area (Å²) >= 11 is 5.93.